The van der Waals surface area contributed by atoms with E-state index in [1.165, 1.54) is 10.5 Å². The molecule has 1 N–H and O–H groups in total. The second kappa shape index (κ2) is 11.1. The van der Waals surface area contributed by atoms with Gasteiger partial charge in [0.2, 0.25) is 12.3 Å². The number of hydroxylamine groups is 2. The lowest BCUT2D eigenvalue weighted by molar-refractivity contribution is -0.166. The number of amides is 2. The summed E-state index contributed by atoms with van der Waals surface area (Å²) in [6.45, 7) is 7.51. The van der Waals surface area contributed by atoms with Gasteiger partial charge in [0, 0.05) is 32.4 Å². The maximum Gasteiger partial charge on any atom is 0.233 e. The Kier molecular flexibility index (Phi) is 9.50. The largest absolute Gasteiger partial charge is 0.349 e. The molecule has 0 saturated heterocycles. The van der Waals surface area contributed by atoms with Crippen LogP contribution in [0.5, 0.6) is 0 Å². The van der Waals surface area contributed by atoms with E-state index < -0.39 is 17.9 Å². The topological polar surface area (TPSA) is 77.9 Å². The molecule has 0 saturated carbocycles. The SMILES string of the molecule is C[C@H]([C@H](CCCc1ccccc1)C(=O)C[C@H](C(=O)N(C)C)C(C)(C)C)N(O)C=O. The Bertz CT molecular complexity index is 667. The molecule has 0 aliphatic heterocycles. The fourth-order valence-electron chi connectivity index (χ4n) is 3.55. The molecule has 29 heavy (non-hydrogen) atoms. The number of rotatable bonds is 11. The maximum absolute atomic E-state index is 13.2. The van der Waals surface area contributed by atoms with Gasteiger partial charge in [0.1, 0.15) is 5.78 Å². The number of hydrogen-bond acceptors (Lipinski definition) is 4. The molecule has 1 aromatic rings. The molecule has 0 fully saturated rings. The molecule has 0 aromatic heterocycles. The van der Waals surface area contributed by atoms with Gasteiger partial charge < -0.3 is 4.90 Å². The van der Waals surface area contributed by atoms with E-state index >= 15 is 0 Å². The molecule has 0 aliphatic rings. The minimum Gasteiger partial charge on any atom is -0.349 e. The van der Waals surface area contributed by atoms with Crippen LogP contribution in [-0.4, -0.2) is 53.4 Å². The summed E-state index contributed by atoms with van der Waals surface area (Å²) in [5.41, 5.74) is 0.802. The van der Waals surface area contributed by atoms with Crippen LogP contribution in [0.2, 0.25) is 0 Å². The van der Waals surface area contributed by atoms with Crippen LogP contribution in [-0.2, 0) is 20.8 Å². The van der Waals surface area contributed by atoms with E-state index in [1.807, 2.05) is 51.1 Å². The Balaban J connectivity index is 2.95. The van der Waals surface area contributed by atoms with Crippen LogP contribution in [0, 0.1) is 17.3 Å². The second-order valence-electron chi connectivity index (χ2n) is 9.03. The monoisotopic (exact) mass is 404 g/mol. The van der Waals surface area contributed by atoms with Crippen LogP contribution in [0.3, 0.4) is 0 Å². The van der Waals surface area contributed by atoms with Crippen molar-refractivity contribution >= 4 is 18.1 Å². The number of Topliss-reactive ketones (excluding diaryl/α,β-unsaturated/α-hetero) is 1. The quantitative estimate of drug-likeness (QED) is 0.347. The Hall–Kier alpha value is -2.21. The second-order valence-corrected chi connectivity index (χ2v) is 9.03. The first-order chi connectivity index (χ1) is 13.5. The number of aryl methyl sites for hydroxylation is 1. The normalized spacial score (nSPS) is 14.6. The zero-order chi connectivity index (χ0) is 22.2. The van der Waals surface area contributed by atoms with Gasteiger partial charge >= 0.3 is 0 Å². The number of carbonyl (C=O) groups excluding carboxylic acids is 3. The standard InChI is InChI=1S/C23H36N2O4/c1-17(25(29)16-26)19(14-10-13-18-11-8-7-9-12-18)21(27)15-20(23(2,3)4)22(28)24(5)6/h7-9,11-12,16-17,19-20,29H,10,13-15H2,1-6H3/t17-,19+,20-/m1/s1. The molecule has 2 amide bonds. The summed E-state index contributed by atoms with van der Waals surface area (Å²) >= 11 is 0. The molecule has 0 heterocycles. The van der Waals surface area contributed by atoms with E-state index in [9.17, 15) is 19.6 Å². The molecule has 6 heteroatoms. The fraction of sp³-hybridized carbons (Fsp3) is 0.609. The average Bonchev–Trinajstić information content (AvgIpc) is 2.67. The van der Waals surface area contributed by atoms with Crippen LogP contribution in [0.1, 0.15) is 52.5 Å². The van der Waals surface area contributed by atoms with Gasteiger partial charge in [-0.2, -0.15) is 0 Å². The Labute approximate surface area is 174 Å². The van der Waals surface area contributed by atoms with Gasteiger partial charge in [-0.3, -0.25) is 19.6 Å². The summed E-state index contributed by atoms with van der Waals surface area (Å²) < 4.78 is 0. The third kappa shape index (κ3) is 7.61. The van der Waals surface area contributed by atoms with Crippen molar-refractivity contribution < 1.29 is 19.6 Å². The maximum atomic E-state index is 13.2. The van der Waals surface area contributed by atoms with Crippen molar-refractivity contribution in [1.82, 2.24) is 9.96 Å². The zero-order valence-corrected chi connectivity index (χ0v) is 18.6. The van der Waals surface area contributed by atoms with E-state index in [4.69, 9.17) is 0 Å². The van der Waals surface area contributed by atoms with Gasteiger partial charge in [-0.15, -0.1) is 0 Å². The molecule has 1 aromatic carbocycles. The lowest BCUT2D eigenvalue weighted by Gasteiger charge is -2.33. The molecule has 1 rings (SSSR count). The van der Waals surface area contributed by atoms with Crippen LogP contribution < -0.4 is 0 Å². The molecule has 162 valence electrons. The van der Waals surface area contributed by atoms with Crippen molar-refractivity contribution in [3.8, 4) is 0 Å². The van der Waals surface area contributed by atoms with Crippen molar-refractivity contribution in [2.24, 2.45) is 17.3 Å². The summed E-state index contributed by atoms with van der Waals surface area (Å²) in [7, 11) is 3.38. The highest BCUT2D eigenvalue weighted by molar-refractivity contribution is 5.88. The Morgan fingerprint density at radius 2 is 1.72 bits per heavy atom. The predicted molar refractivity (Wildman–Crippen MR) is 113 cm³/mol. The zero-order valence-electron chi connectivity index (χ0n) is 18.6. The van der Waals surface area contributed by atoms with Gasteiger partial charge in [0.05, 0.1) is 6.04 Å². The molecular formula is C23H36N2O4. The first kappa shape index (κ1) is 24.8. The summed E-state index contributed by atoms with van der Waals surface area (Å²) in [5.74, 6) is -1.18. The molecule has 0 spiro atoms. The van der Waals surface area contributed by atoms with Crippen LogP contribution in [0.4, 0.5) is 0 Å². The fourth-order valence-corrected chi connectivity index (χ4v) is 3.55. The highest BCUT2D eigenvalue weighted by Crippen LogP contribution is 2.32. The first-order valence-corrected chi connectivity index (χ1v) is 10.2. The third-order valence-electron chi connectivity index (χ3n) is 5.53. The third-order valence-corrected chi connectivity index (χ3v) is 5.53. The predicted octanol–water partition coefficient (Wildman–Crippen LogP) is 3.57. The molecule has 6 nitrogen and oxygen atoms in total. The summed E-state index contributed by atoms with van der Waals surface area (Å²) in [6.07, 6.45) is 2.51. The number of hydrogen-bond donors (Lipinski definition) is 1. The number of carbonyl (C=O) groups is 3. The van der Waals surface area contributed by atoms with Gasteiger partial charge in [-0.1, -0.05) is 51.1 Å². The molecular weight excluding hydrogens is 368 g/mol. The lowest BCUT2D eigenvalue weighted by Crippen LogP contribution is -2.43. The highest BCUT2D eigenvalue weighted by atomic mass is 16.5. The minimum atomic E-state index is -0.647. The van der Waals surface area contributed by atoms with Crippen LogP contribution in [0.15, 0.2) is 30.3 Å². The van der Waals surface area contributed by atoms with E-state index in [2.05, 4.69) is 0 Å². The highest BCUT2D eigenvalue weighted by Gasteiger charge is 2.37. The number of ketones is 1. The van der Waals surface area contributed by atoms with E-state index in [-0.39, 0.29) is 23.5 Å². The molecule has 3 atom stereocenters. The van der Waals surface area contributed by atoms with E-state index in [0.717, 1.165) is 12.8 Å². The molecule has 0 radical (unpaired) electrons. The lowest BCUT2D eigenvalue weighted by atomic mass is 9.74. The smallest absolute Gasteiger partial charge is 0.233 e. The van der Waals surface area contributed by atoms with Crippen molar-refractivity contribution in [1.29, 1.82) is 0 Å². The van der Waals surface area contributed by atoms with Crippen molar-refractivity contribution in [3.63, 3.8) is 0 Å². The minimum absolute atomic E-state index is 0.0854. The number of benzene rings is 1. The molecule has 0 unspecified atom stereocenters. The van der Waals surface area contributed by atoms with E-state index in [1.54, 1.807) is 21.0 Å². The van der Waals surface area contributed by atoms with Crippen molar-refractivity contribution in [2.45, 2.75) is 59.4 Å². The van der Waals surface area contributed by atoms with E-state index in [0.29, 0.717) is 17.9 Å². The van der Waals surface area contributed by atoms with Gasteiger partial charge in [0.25, 0.3) is 0 Å². The van der Waals surface area contributed by atoms with Crippen molar-refractivity contribution in [2.75, 3.05) is 14.1 Å². The van der Waals surface area contributed by atoms with Crippen LogP contribution in [0.25, 0.3) is 0 Å². The average molecular weight is 405 g/mol. The van der Waals surface area contributed by atoms with Gasteiger partial charge in [-0.25, -0.2) is 5.06 Å². The Morgan fingerprint density at radius 3 is 2.21 bits per heavy atom. The number of nitrogens with zero attached hydrogens (tertiary/aromatic N) is 2. The molecule has 0 bridgehead atoms. The first-order valence-electron chi connectivity index (χ1n) is 10.2. The molecule has 0 aliphatic carbocycles. The Morgan fingerprint density at radius 1 is 1.14 bits per heavy atom. The summed E-state index contributed by atoms with van der Waals surface area (Å²) in [6, 6.07) is 9.34. The van der Waals surface area contributed by atoms with Gasteiger partial charge in [-0.05, 0) is 37.2 Å². The summed E-state index contributed by atoms with van der Waals surface area (Å²) in [4.78, 5) is 38.4. The summed E-state index contributed by atoms with van der Waals surface area (Å²) in [5, 5.41) is 10.5. The van der Waals surface area contributed by atoms with Crippen molar-refractivity contribution in [3.05, 3.63) is 35.9 Å². The van der Waals surface area contributed by atoms with Gasteiger partial charge in [0.15, 0.2) is 0 Å². The van der Waals surface area contributed by atoms with Crippen LogP contribution >= 0.6 is 0 Å².